The Morgan fingerprint density at radius 2 is 1.08 bits per heavy atom. The molecule has 5 nitrogen and oxygen atoms in total. The number of para-hydroxylation sites is 2. The summed E-state index contributed by atoms with van der Waals surface area (Å²) in [5, 5.41) is 7.27. The third-order valence-electron chi connectivity index (χ3n) is 13.0. The number of aromatic nitrogens is 5. The average Bonchev–Trinajstić information content (AvgIpc) is 3.93. The number of rotatable bonds is 4. The number of hydrogen-bond donors (Lipinski definition) is 0. The van der Waals surface area contributed by atoms with Gasteiger partial charge in [-0.15, -0.1) is 11.3 Å². The molecule has 0 unspecified atom stereocenters. The average molecular weight is 780 g/mol. The lowest BCUT2D eigenvalue weighted by molar-refractivity contribution is 0.332. The Labute approximate surface area is 346 Å². The molecule has 1 aliphatic carbocycles. The third kappa shape index (κ3) is 5.06. The van der Waals surface area contributed by atoms with Crippen molar-refractivity contribution in [1.29, 1.82) is 0 Å². The molecule has 7 aromatic carbocycles. The molecule has 12 rings (SSSR count). The molecule has 284 valence electrons. The minimum absolute atomic E-state index is 0.0631. The first-order valence-electron chi connectivity index (χ1n) is 20.6. The summed E-state index contributed by atoms with van der Waals surface area (Å²) >= 11 is 1.80. The van der Waals surface area contributed by atoms with E-state index in [9.17, 15) is 0 Å². The fourth-order valence-corrected chi connectivity index (χ4v) is 11.1. The van der Waals surface area contributed by atoms with E-state index in [0.29, 0.717) is 17.6 Å². The summed E-state index contributed by atoms with van der Waals surface area (Å²) in [6.07, 6.45) is 2.32. The van der Waals surface area contributed by atoms with Crippen LogP contribution < -0.4 is 0 Å². The number of nitrogens with zero attached hydrogens (tertiary/aromatic N) is 5. The van der Waals surface area contributed by atoms with E-state index in [1.807, 2.05) is 6.07 Å². The van der Waals surface area contributed by atoms with Gasteiger partial charge in [-0.2, -0.15) is 9.97 Å². The van der Waals surface area contributed by atoms with Gasteiger partial charge in [-0.3, -0.25) is 4.57 Å². The largest absolute Gasteiger partial charge is 0.307 e. The van der Waals surface area contributed by atoms with Gasteiger partial charge in [0.2, 0.25) is 5.95 Å². The Hall–Kier alpha value is -6.63. The van der Waals surface area contributed by atoms with Gasteiger partial charge in [0.1, 0.15) is 0 Å². The van der Waals surface area contributed by atoms with Gasteiger partial charge < -0.3 is 4.57 Å². The zero-order valence-electron chi connectivity index (χ0n) is 33.5. The Bertz CT molecular complexity index is 3500. The first-order valence-corrected chi connectivity index (χ1v) is 21.4. The second-order valence-electron chi connectivity index (χ2n) is 17.5. The summed E-state index contributed by atoms with van der Waals surface area (Å²) in [5.74, 6) is 1.89. The van der Waals surface area contributed by atoms with Crippen molar-refractivity contribution in [2.24, 2.45) is 0 Å². The van der Waals surface area contributed by atoms with Gasteiger partial charge in [0.25, 0.3) is 0 Å². The molecule has 0 amide bonds. The molecule has 4 aromatic heterocycles. The summed E-state index contributed by atoms with van der Waals surface area (Å²) in [6, 6.07) is 54.7. The lowest BCUT2D eigenvalue weighted by Gasteiger charge is -2.42. The Balaban J connectivity index is 1.24. The SMILES string of the molecule is CC1(C)CCC(C)(C)c2cc3c(cc21)c1ccc2c4ccccc4n(-c4nc(-c5ccccc5)nc(-c5cccc6c5sc5ccccc56)n4)c2c1n3-c1ccccc1. The van der Waals surface area contributed by atoms with Crippen molar-refractivity contribution >= 4 is 75.1 Å². The van der Waals surface area contributed by atoms with Crippen LogP contribution in [0.3, 0.4) is 0 Å². The van der Waals surface area contributed by atoms with Gasteiger partial charge in [-0.25, -0.2) is 4.98 Å². The van der Waals surface area contributed by atoms with Gasteiger partial charge in [-0.05, 0) is 77.3 Å². The van der Waals surface area contributed by atoms with Crippen LogP contribution in [0.5, 0.6) is 0 Å². The second-order valence-corrected chi connectivity index (χ2v) is 18.5. The molecule has 0 atom stereocenters. The summed E-state index contributed by atoms with van der Waals surface area (Å²) in [7, 11) is 0. The Kier molecular flexibility index (Phi) is 7.25. The van der Waals surface area contributed by atoms with Crippen LogP contribution in [0.15, 0.2) is 152 Å². The van der Waals surface area contributed by atoms with E-state index >= 15 is 0 Å². The smallest absolute Gasteiger partial charge is 0.238 e. The first-order chi connectivity index (χ1) is 28.7. The van der Waals surface area contributed by atoms with E-state index in [1.54, 1.807) is 11.3 Å². The zero-order valence-corrected chi connectivity index (χ0v) is 34.3. The van der Waals surface area contributed by atoms with E-state index in [4.69, 9.17) is 15.0 Å². The molecule has 59 heavy (non-hydrogen) atoms. The molecule has 0 radical (unpaired) electrons. The molecule has 0 N–H and O–H groups in total. The van der Waals surface area contributed by atoms with Crippen molar-refractivity contribution in [1.82, 2.24) is 24.1 Å². The monoisotopic (exact) mass is 779 g/mol. The lowest BCUT2D eigenvalue weighted by atomic mass is 9.63. The summed E-state index contributed by atoms with van der Waals surface area (Å²) < 4.78 is 7.23. The standard InChI is InChI=1S/C53H41N5S/c1-52(2)28-29-53(3,4)42-31-44-40(30-41(42)52)37-27-26-36-34-20-11-13-24-43(34)58(47(36)46(37)57(44)33-18-9-6-10-19-33)51-55-49(32-16-7-5-8-17-32)54-50(56-51)39-23-15-22-38-35-21-12-14-25-45(35)59-48(38)39/h5-27,30-31H,28-29H2,1-4H3. The topological polar surface area (TPSA) is 48.5 Å². The fourth-order valence-electron chi connectivity index (χ4n) is 9.89. The van der Waals surface area contributed by atoms with Crippen LogP contribution in [0.2, 0.25) is 0 Å². The van der Waals surface area contributed by atoms with Gasteiger partial charge in [0.05, 0.1) is 22.1 Å². The summed E-state index contributed by atoms with van der Waals surface area (Å²) in [4.78, 5) is 16.2. The highest BCUT2D eigenvalue weighted by molar-refractivity contribution is 7.26. The molecule has 0 spiro atoms. The molecular formula is C53H41N5S. The van der Waals surface area contributed by atoms with Crippen LogP contribution in [0.25, 0.3) is 98.2 Å². The minimum Gasteiger partial charge on any atom is -0.307 e. The van der Waals surface area contributed by atoms with Crippen molar-refractivity contribution in [3.63, 3.8) is 0 Å². The van der Waals surface area contributed by atoms with Crippen LogP contribution in [0.4, 0.5) is 0 Å². The van der Waals surface area contributed by atoms with Crippen molar-refractivity contribution in [3.8, 4) is 34.4 Å². The number of hydrogen-bond acceptors (Lipinski definition) is 4. The predicted octanol–water partition coefficient (Wildman–Crippen LogP) is 14.1. The molecule has 4 heterocycles. The van der Waals surface area contributed by atoms with Gasteiger partial charge in [-0.1, -0.05) is 137 Å². The maximum Gasteiger partial charge on any atom is 0.238 e. The molecule has 0 saturated carbocycles. The second kappa shape index (κ2) is 12.4. The van der Waals surface area contributed by atoms with E-state index in [1.165, 1.54) is 47.6 Å². The molecule has 0 fully saturated rings. The maximum atomic E-state index is 5.49. The van der Waals surface area contributed by atoms with Crippen LogP contribution in [0, 0.1) is 0 Å². The van der Waals surface area contributed by atoms with Gasteiger partial charge in [0.15, 0.2) is 11.6 Å². The van der Waals surface area contributed by atoms with Crippen LogP contribution in [0.1, 0.15) is 51.7 Å². The maximum absolute atomic E-state index is 5.49. The van der Waals surface area contributed by atoms with Crippen molar-refractivity contribution < 1.29 is 0 Å². The lowest BCUT2D eigenvalue weighted by Crippen LogP contribution is -2.33. The van der Waals surface area contributed by atoms with Crippen molar-refractivity contribution in [3.05, 3.63) is 163 Å². The van der Waals surface area contributed by atoms with E-state index < -0.39 is 0 Å². The van der Waals surface area contributed by atoms with E-state index in [2.05, 4.69) is 182 Å². The number of thiophene rings is 1. The molecule has 0 bridgehead atoms. The highest BCUT2D eigenvalue weighted by Crippen LogP contribution is 2.50. The first kappa shape index (κ1) is 34.4. The van der Waals surface area contributed by atoms with Crippen molar-refractivity contribution in [2.75, 3.05) is 0 Å². The van der Waals surface area contributed by atoms with Crippen LogP contribution in [-0.4, -0.2) is 24.1 Å². The summed E-state index contributed by atoms with van der Waals surface area (Å²) in [6.45, 7) is 9.67. The molecule has 6 heteroatoms. The predicted molar refractivity (Wildman–Crippen MR) is 248 cm³/mol. The zero-order chi connectivity index (χ0) is 39.6. The molecular weight excluding hydrogens is 739 g/mol. The molecule has 0 aliphatic heterocycles. The quantitative estimate of drug-likeness (QED) is 0.179. The van der Waals surface area contributed by atoms with Gasteiger partial charge in [0, 0.05) is 58.5 Å². The van der Waals surface area contributed by atoms with Crippen LogP contribution >= 0.6 is 11.3 Å². The highest BCUT2D eigenvalue weighted by Gasteiger charge is 2.38. The highest BCUT2D eigenvalue weighted by atomic mass is 32.1. The third-order valence-corrected chi connectivity index (χ3v) is 14.3. The fraction of sp³-hybridized carbons (Fsp3) is 0.151. The van der Waals surface area contributed by atoms with Crippen molar-refractivity contribution in [2.45, 2.75) is 51.4 Å². The molecule has 11 aromatic rings. The van der Waals surface area contributed by atoms with Crippen LogP contribution in [-0.2, 0) is 10.8 Å². The molecule has 0 saturated heterocycles. The molecule has 1 aliphatic rings. The minimum atomic E-state index is 0.0631. The normalized spacial score (nSPS) is 14.9. The van der Waals surface area contributed by atoms with E-state index in [0.717, 1.165) is 57.0 Å². The van der Waals surface area contributed by atoms with Gasteiger partial charge >= 0.3 is 0 Å². The Morgan fingerprint density at radius 3 is 1.86 bits per heavy atom. The Morgan fingerprint density at radius 1 is 0.475 bits per heavy atom. The number of benzene rings is 7. The number of fused-ring (bicyclic) bond motifs is 11. The van der Waals surface area contributed by atoms with E-state index in [-0.39, 0.29) is 10.8 Å². The summed E-state index contributed by atoms with van der Waals surface area (Å²) in [5.41, 5.74) is 10.6.